The third-order valence-corrected chi connectivity index (χ3v) is 2.22. The number of rotatable bonds is 0. The van der Waals surface area contributed by atoms with E-state index in [1.54, 1.807) is 0 Å². The molecule has 0 aromatic heterocycles. The van der Waals surface area contributed by atoms with Gasteiger partial charge in [-0.05, 0) is 11.6 Å². The van der Waals surface area contributed by atoms with Gasteiger partial charge >= 0.3 is 0 Å². The van der Waals surface area contributed by atoms with Crippen LogP contribution >= 0.6 is 0 Å². The molecule has 1 heterocycles. The Morgan fingerprint density at radius 3 is 2.80 bits per heavy atom. The molecule has 3 rings (SSSR count). The van der Waals surface area contributed by atoms with E-state index in [1.165, 1.54) is 11.1 Å². The Kier molecular flexibility index (Phi) is 0.874. The molecule has 3 aliphatic rings. The Balaban J connectivity index is 0.000000403. The highest BCUT2D eigenvalue weighted by Gasteiger charge is 2.35. The van der Waals surface area contributed by atoms with Gasteiger partial charge in [-0.2, -0.15) is 0 Å². The minimum Gasteiger partial charge on any atom is -0.492 e. The van der Waals surface area contributed by atoms with Crippen LogP contribution in [0.1, 0.15) is 0 Å². The van der Waals surface area contributed by atoms with Crippen molar-refractivity contribution in [2.75, 3.05) is 6.61 Å². The van der Waals surface area contributed by atoms with E-state index >= 15 is 0 Å². The normalized spacial score (nSPS) is 30.4. The number of ether oxygens (including phenoxy) is 1. The molecule has 0 saturated heterocycles. The van der Waals surface area contributed by atoms with E-state index in [0.29, 0.717) is 5.92 Å². The van der Waals surface area contributed by atoms with Gasteiger partial charge in [0.05, 0.1) is 6.61 Å². The van der Waals surface area contributed by atoms with E-state index in [4.69, 9.17) is 4.74 Å². The van der Waals surface area contributed by atoms with Crippen LogP contribution in [-0.4, -0.2) is 6.61 Å². The zero-order valence-electron chi connectivity index (χ0n) is 5.63. The standard InChI is InChI=1S/C8H6O.H3N/c1-2-6-7-4-9-8(6)3-5(1)7;/h1-3,7H,4H2;1H3. The first-order chi connectivity index (χ1) is 4.45. The van der Waals surface area contributed by atoms with Gasteiger partial charge in [0.15, 0.2) is 0 Å². The summed E-state index contributed by atoms with van der Waals surface area (Å²) in [6.07, 6.45) is 6.50. The quantitative estimate of drug-likeness (QED) is 0.547. The van der Waals surface area contributed by atoms with Gasteiger partial charge in [0.25, 0.3) is 0 Å². The van der Waals surface area contributed by atoms with Gasteiger partial charge in [-0.15, -0.1) is 0 Å². The lowest BCUT2D eigenvalue weighted by atomic mass is 10.1. The fraction of sp³-hybridized carbons (Fsp3) is 0.250. The largest absolute Gasteiger partial charge is 0.492 e. The van der Waals surface area contributed by atoms with Gasteiger partial charge in [-0.1, -0.05) is 12.2 Å². The van der Waals surface area contributed by atoms with Crippen molar-refractivity contribution in [1.29, 1.82) is 0 Å². The predicted octanol–water partition coefficient (Wildman–Crippen LogP) is 1.56. The fourth-order valence-corrected chi connectivity index (χ4v) is 1.72. The highest BCUT2D eigenvalue weighted by Crippen LogP contribution is 2.44. The lowest BCUT2D eigenvalue weighted by molar-refractivity contribution is 0.229. The second-order valence-electron chi connectivity index (χ2n) is 2.66. The Morgan fingerprint density at radius 2 is 2.30 bits per heavy atom. The molecule has 0 spiro atoms. The van der Waals surface area contributed by atoms with Crippen molar-refractivity contribution in [3.63, 3.8) is 0 Å². The maximum Gasteiger partial charge on any atom is 0.123 e. The van der Waals surface area contributed by atoms with E-state index in [0.717, 1.165) is 12.4 Å². The summed E-state index contributed by atoms with van der Waals surface area (Å²) in [5.41, 5.74) is 2.86. The Hall–Kier alpha value is -1.02. The summed E-state index contributed by atoms with van der Waals surface area (Å²) in [7, 11) is 0. The fourth-order valence-electron chi connectivity index (χ4n) is 1.72. The number of hydrogen-bond donors (Lipinski definition) is 1. The lowest BCUT2D eigenvalue weighted by Gasteiger charge is -2.08. The first kappa shape index (κ1) is 5.74. The van der Waals surface area contributed by atoms with E-state index in [-0.39, 0.29) is 6.15 Å². The van der Waals surface area contributed by atoms with Gasteiger partial charge in [-0.25, -0.2) is 0 Å². The summed E-state index contributed by atoms with van der Waals surface area (Å²) >= 11 is 0. The van der Waals surface area contributed by atoms with Gasteiger partial charge < -0.3 is 10.9 Å². The summed E-state index contributed by atoms with van der Waals surface area (Å²) in [6, 6.07) is 0. The molecule has 0 aromatic rings. The van der Waals surface area contributed by atoms with Crippen LogP contribution in [0.5, 0.6) is 0 Å². The molecule has 4 bridgehead atoms. The number of hydrogen-bond acceptors (Lipinski definition) is 2. The van der Waals surface area contributed by atoms with Crippen molar-refractivity contribution in [1.82, 2.24) is 6.15 Å². The van der Waals surface area contributed by atoms with Crippen molar-refractivity contribution in [2.45, 2.75) is 0 Å². The molecule has 0 amide bonds. The van der Waals surface area contributed by atoms with Crippen LogP contribution in [0.2, 0.25) is 0 Å². The van der Waals surface area contributed by atoms with Crippen LogP contribution in [0.4, 0.5) is 0 Å². The van der Waals surface area contributed by atoms with Crippen molar-refractivity contribution in [3.05, 3.63) is 35.1 Å². The molecule has 1 unspecified atom stereocenters. The summed E-state index contributed by atoms with van der Waals surface area (Å²) in [5, 5.41) is 0. The molecule has 10 heavy (non-hydrogen) atoms. The Bertz CT molecular complexity index is 273. The molecule has 2 nitrogen and oxygen atoms in total. The minimum atomic E-state index is 0. The molecule has 3 N–H and O–H groups in total. The molecule has 52 valence electrons. The molecular formula is C8H9NO. The molecule has 0 aromatic carbocycles. The monoisotopic (exact) mass is 135 g/mol. The molecular weight excluding hydrogens is 126 g/mol. The van der Waals surface area contributed by atoms with Crippen LogP contribution in [-0.2, 0) is 4.74 Å². The number of allylic oxidation sites excluding steroid dienone is 3. The summed E-state index contributed by atoms with van der Waals surface area (Å²) in [5.74, 6) is 1.75. The molecule has 1 atom stereocenters. The van der Waals surface area contributed by atoms with E-state index in [9.17, 15) is 0 Å². The highest BCUT2D eigenvalue weighted by molar-refractivity contribution is 5.57. The smallest absolute Gasteiger partial charge is 0.123 e. The molecule has 2 aliphatic carbocycles. The Morgan fingerprint density at radius 1 is 1.40 bits per heavy atom. The van der Waals surface area contributed by atoms with Gasteiger partial charge in [0, 0.05) is 11.5 Å². The zero-order chi connectivity index (χ0) is 5.84. The third kappa shape index (κ3) is 0.400. The predicted molar refractivity (Wildman–Crippen MR) is 38.7 cm³/mol. The molecule has 0 saturated carbocycles. The van der Waals surface area contributed by atoms with Crippen molar-refractivity contribution in [3.8, 4) is 0 Å². The van der Waals surface area contributed by atoms with Gasteiger partial charge in [-0.3, -0.25) is 0 Å². The van der Waals surface area contributed by atoms with Crippen LogP contribution in [0.3, 0.4) is 0 Å². The Labute approximate surface area is 59.5 Å². The minimum absolute atomic E-state index is 0. The van der Waals surface area contributed by atoms with Crippen LogP contribution in [0.15, 0.2) is 35.1 Å². The third-order valence-electron chi connectivity index (χ3n) is 2.22. The van der Waals surface area contributed by atoms with Crippen molar-refractivity contribution >= 4 is 0 Å². The average Bonchev–Trinajstić information content (AvgIpc) is 2.50. The maximum atomic E-state index is 5.34. The van der Waals surface area contributed by atoms with Crippen LogP contribution < -0.4 is 6.15 Å². The van der Waals surface area contributed by atoms with Crippen LogP contribution in [0.25, 0.3) is 0 Å². The van der Waals surface area contributed by atoms with E-state index in [2.05, 4.69) is 18.2 Å². The second kappa shape index (κ2) is 1.52. The summed E-state index contributed by atoms with van der Waals surface area (Å²) in [4.78, 5) is 0. The highest BCUT2D eigenvalue weighted by atomic mass is 16.5. The van der Waals surface area contributed by atoms with Gasteiger partial charge in [0.2, 0.25) is 0 Å². The SMILES string of the molecule is C1=CC2=C3C=C1C2CO3.N. The molecule has 1 aliphatic heterocycles. The summed E-state index contributed by atoms with van der Waals surface area (Å²) < 4.78 is 5.34. The molecule has 0 radical (unpaired) electrons. The zero-order valence-corrected chi connectivity index (χ0v) is 5.63. The van der Waals surface area contributed by atoms with Crippen LogP contribution in [0, 0.1) is 5.92 Å². The van der Waals surface area contributed by atoms with Crippen molar-refractivity contribution < 1.29 is 4.74 Å². The summed E-state index contributed by atoms with van der Waals surface area (Å²) in [6.45, 7) is 0.892. The van der Waals surface area contributed by atoms with E-state index < -0.39 is 0 Å². The lowest BCUT2D eigenvalue weighted by Crippen LogP contribution is -2.02. The maximum absolute atomic E-state index is 5.34. The first-order valence-electron chi connectivity index (χ1n) is 3.22. The molecule has 0 fully saturated rings. The van der Waals surface area contributed by atoms with E-state index in [1.807, 2.05) is 0 Å². The topological polar surface area (TPSA) is 44.2 Å². The van der Waals surface area contributed by atoms with Gasteiger partial charge in [0.1, 0.15) is 5.76 Å². The van der Waals surface area contributed by atoms with Crippen molar-refractivity contribution in [2.24, 2.45) is 5.92 Å². The second-order valence-corrected chi connectivity index (χ2v) is 2.66. The average molecular weight is 135 g/mol. The first-order valence-corrected chi connectivity index (χ1v) is 3.22. The molecule has 2 heteroatoms.